The highest BCUT2D eigenvalue weighted by molar-refractivity contribution is 6.44. The third kappa shape index (κ3) is 3.33. The second-order valence-electron chi connectivity index (χ2n) is 12.5. The van der Waals surface area contributed by atoms with Crippen LogP contribution in [0.25, 0.3) is 104 Å². The molecule has 0 atom stereocenters. The fourth-order valence-corrected chi connectivity index (χ4v) is 8.02. The molecule has 0 amide bonds. The molecule has 8 aromatic carbocycles. The Morgan fingerprint density at radius 1 is 0.417 bits per heavy atom. The number of rotatable bonds is 2. The van der Waals surface area contributed by atoms with Gasteiger partial charge in [-0.2, -0.15) is 0 Å². The Morgan fingerprint density at radius 2 is 0.979 bits per heavy atom. The van der Waals surface area contributed by atoms with Gasteiger partial charge in [-0.05, 0) is 39.7 Å². The molecule has 0 N–H and O–H groups in total. The number of para-hydroxylation sites is 3. The molecule has 3 aromatic heterocycles. The molecule has 11 aromatic rings. The van der Waals surface area contributed by atoms with Crippen LogP contribution in [0.4, 0.5) is 0 Å². The molecule has 0 aliphatic carbocycles. The zero-order chi connectivity index (χ0) is 31.3. The Morgan fingerprint density at radius 3 is 1.73 bits per heavy atom. The van der Waals surface area contributed by atoms with E-state index in [2.05, 4.69) is 138 Å². The summed E-state index contributed by atoms with van der Waals surface area (Å²) in [5.74, 6) is 0.616. The molecule has 11 rings (SSSR count). The van der Waals surface area contributed by atoms with Crippen LogP contribution in [0.5, 0.6) is 0 Å². The van der Waals surface area contributed by atoms with E-state index in [9.17, 15) is 0 Å². The molecule has 0 spiro atoms. The fraction of sp³-hybridized carbons (Fsp3) is 0. The lowest BCUT2D eigenvalue weighted by molar-refractivity contribution is 0.671. The van der Waals surface area contributed by atoms with Gasteiger partial charge in [-0.1, -0.05) is 133 Å². The van der Waals surface area contributed by atoms with E-state index in [0.29, 0.717) is 5.95 Å². The monoisotopic (exact) mass is 611 g/mol. The van der Waals surface area contributed by atoms with Gasteiger partial charge in [-0.3, -0.25) is 4.57 Å². The minimum atomic E-state index is 0.616. The lowest BCUT2D eigenvalue weighted by atomic mass is 9.89. The number of hydrogen-bond donors (Lipinski definition) is 0. The molecule has 4 heteroatoms. The van der Waals surface area contributed by atoms with E-state index in [1.165, 1.54) is 32.3 Å². The normalized spacial score (nSPS) is 12.2. The van der Waals surface area contributed by atoms with Gasteiger partial charge in [0, 0.05) is 43.3 Å². The average Bonchev–Trinajstić information content (AvgIpc) is 3.71. The summed E-state index contributed by atoms with van der Waals surface area (Å²) in [5.41, 5.74) is 6.56. The van der Waals surface area contributed by atoms with Crippen LogP contribution in [0.3, 0.4) is 0 Å². The highest BCUT2D eigenvalue weighted by Gasteiger charge is 2.26. The van der Waals surface area contributed by atoms with E-state index in [-0.39, 0.29) is 0 Å². The Hall–Kier alpha value is -6.52. The molecule has 0 aliphatic rings. The highest BCUT2D eigenvalue weighted by Crippen LogP contribution is 2.50. The van der Waals surface area contributed by atoms with Crippen molar-refractivity contribution in [1.29, 1.82) is 0 Å². The second-order valence-corrected chi connectivity index (χ2v) is 12.5. The van der Waals surface area contributed by atoms with Gasteiger partial charge in [0.2, 0.25) is 5.95 Å². The van der Waals surface area contributed by atoms with Gasteiger partial charge in [-0.25, -0.2) is 9.97 Å². The molecule has 0 aliphatic heterocycles. The molecule has 0 bridgehead atoms. The smallest absolute Gasteiger partial charge is 0.235 e. The average molecular weight is 612 g/mol. The summed E-state index contributed by atoms with van der Waals surface area (Å²) >= 11 is 0. The molecule has 0 saturated carbocycles. The van der Waals surface area contributed by atoms with Gasteiger partial charge in [0.15, 0.2) is 5.58 Å². The summed E-state index contributed by atoms with van der Waals surface area (Å²) in [4.78, 5) is 10.6. The van der Waals surface area contributed by atoms with Crippen LogP contribution in [0.15, 0.2) is 156 Å². The van der Waals surface area contributed by atoms with Crippen LogP contribution in [0.1, 0.15) is 0 Å². The van der Waals surface area contributed by atoms with Crippen molar-refractivity contribution in [3.8, 4) is 17.2 Å². The third-order valence-corrected chi connectivity index (χ3v) is 9.96. The third-order valence-electron chi connectivity index (χ3n) is 9.96. The molecule has 0 radical (unpaired) electrons. The Balaban J connectivity index is 1.45. The lowest BCUT2D eigenvalue weighted by Gasteiger charge is -2.14. The fourth-order valence-electron chi connectivity index (χ4n) is 8.02. The van der Waals surface area contributed by atoms with Crippen LogP contribution >= 0.6 is 0 Å². The van der Waals surface area contributed by atoms with Gasteiger partial charge >= 0.3 is 0 Å². The van der Waals surface area contributed by atoms with Crippen molar-refractivity contribution in [2.45, 2.75) is 0 Å². The van der Waals surface area contributed by atoms with Gasteiger partial charge in [0.25, 0.3) is 0 Å². The van der Waals surface area contributed by atoms with E-state index >= 15 is 0 Å². The topological polar surface area (TPSA) is 43.9 Å². The van der Waals surface area contributed by atoms with E-state index in [4.69, 9.17) is 14.4 Å². The van der Waals surface area contributed by atoms with Crippen molar-refractivity contribution in [2.24, 2.45) is 0 Å². The maximum atomic E-state index is 6.95. The summed E-state index contributed by atoms with van der Waals surface area (Å²) in [7, 11) is 0. The van der Waals surface area contributed by atoms with Gasteiger partial charge in [0.05, 0.1) is 16.7 Å². The molecular weight excluding hydrogens is 587 g/mol. The number of hydrogen-bond acceptors (Lipinski definition) is 3. The van der Waals surface area contributed by atoms with Crippen LogP contribution in [0, 0.1) is 0 Å². The van der Waals surface area contributed by atoms with E-state index < -0.39 is 0 Å². The van der Waals surface area contributed by atoms with Crippen molar-refractivity contribution in [3.63, 3.8) is 0 Å². The van der Waals surface area contributed by atoms with Crippen LogP contribution in [-0.4, -0.2) is 14.5 Å². The molecule has 222 valence electrons. The summed E-state index contributed by atoms with van der Waals surface area (Å²) in [6.07, 6.45) is 0. The maximum Gasteiger partial charge on any atom is 0.235 e. The molecule has 0 saturated heterocycles. The first-order chi connectivity index (χ1) is 23.8. The van der Waals surface area contributed by atoms with Crippen molar-refractivity contribution >= 4 is 87.0 Å². The highest BCUT2D eigenvalue weighted by atomic mass is 16.3. The number of benzene rings is 8. The first-order valence-corrected chi connectivity index (χ1v) is 16.3. The molecule has 0 unspecified atom stereocenters. The zero-order valence-electron chi connectivity index (χ0n) is 25.7. The molecule has 0 fully saturated rings. The Kier molecular flexibility index (Phi) is 5.08. The standard InChI is InChI=1S/C44H25N3O/c1-2-14-26(15-3-1)41-31-20-8-11-23-34(31)45-44(46-41)47-35-24-12-9-21-32(35)39-37-29-18-6-4-16-27(29)28-17-5-7-19-30(28)38(37)40-33-22-10-13-25-36(33)48-43(40)42(39)47/h1-25H. The predicted molar refractivity (Wildman–Crippen MR) is 199 cm³/mol. The predicted octanol–water partition coefficient (Wildman–Crippen LogP) is 11.8. The van der Waals surface area contributed by atoms with Gasteiger partial charge in [0.1, 0.15) is 11.1 Å². The van der Waals surface area contributed by atoms with E-state index in [1.807, 2.05) is 18.2 Å². The molecule has 4 nitrogen and oxygen atoms in total. The number of fused-ring (bicyclic) bond motifs is 16. The molecule has 48 heavy (non-hydrogen) atoms. The number of nitrogens with zero attached hydrogens (tertiary/aromatic N) is 3. The van der Waals surface area contributed by atoms with E-state index in [0.717, 1.165) is 65.9 Å². The lowest BCUT2D eigenvalue weighted by Crippen LogP contribution is -2.03. The van der Waals surface area contributed by atoms with Crippen molar-refractivity contribution in [3.05, 3.63) is 152 Å². The first kappa shape index (κ1) is 25.6. The summed E-state index contributed by atoms with van der Waals surface area (Å²) in [6.45, 7) is 0. The summed E-state index contributed by atoms with van der Waals surface area (Å²) in [6, 6.07) is 53.3. The van der Waals surface area contributed by atoms with Gasteiger partial charge in [-0.15, -0.1) is 0 Å². The molecular formula is C44H25N3O. The summed E-state index contributed by atoms with van der Waals surface area (Å²) < 4.78 is 9.19. The minimum absolute atomic E-state index is 0.616. The van der Waals surface area contributed by atoms with Gasteiger partial charge < -0.3 is 4.42 Å². The van der Waals surface area contributed by atoms with Crippen LogP contribution < -0.4 is 0 Å². The Labute approximate surface area is 274 Å². The largest absolute Gasteiger partial charge is 0.454 e. The SMILES string of the molecule is c1ccc(-c2nc(-n3c4ccccc4c4c5c6ccccc6c6ccccc6c5c5c6ccccc6oc5c43)nc3ccccc23)cc1. The number of furan rings is 1. The second kappa shape index (κ2) is 9.50. The van der Waals surface area contributed by atoms with Crippen LogP contribution in [0.2, 0.25) is 0 Å². The summed E-state index contributed by atoms with van der Waals surface area (Å²) in [5, 5.41) is 12.9. The first-order valence-electron chi connectivity index (χ1n) is 16.3. The quantitative estimate of drug-likeness (QED) is 0.183. The van der Waals surface area contributed by atoms with Crippen molar-refractivity contribution in [2.75, 3.05) is 0 Å². The number of aromatic nitrogens is 3. The zero-order valence-corrected chi connectivity index (χ0v) is 25.7. The maximum absolute atomic E-state index is 6.95. The Bertz CT molecular complexity index is 3120. The van der Waals surface area contributed by atoms with Crippen LogP contribution in [-0.2, 0) is 0 Å². The van der Waals surface area contributed by atoms with E-state index in [1.54, 1.807) is 0 Å². The van der Waals surface area contributed by atoms with Crippen molar-refractivity contribution < 1.29 is 4.42 Å². The minimum Gasteiger partial charge on any atom is -0.454 e. The van der Waals surface area contributed by atoms with Crippen molar-refractivity contribution in [1.82, 2.24) is 14.5 Å². The molecule has 3 heterocycles.